The van der Waals surface area contributed by atoms with Crippen LogP contribution in [0.25, 0.3) is 0 Å². The van der Waals surface area contributed by atoms with Crippen LogP contribution in [0.4, 0.5) is 4.39 Å². The Morgan fingerprint density at radius 3 is 3.00 bits per heavy atom. The minimum absolute atomic E-state index is 0.0214. The number of nitrogens with zero attached hydrogens (tertiary/aromatic N) is 3. The number of ether oxygens (including phenoxy) is 1. The van der Waals surface area contributed by atoms with E-state index in [-0.39, 0.29) is 24.2 Å². The summed E-state index contributed by atoms with van der Waals surface area (Å²) in [7, 11) is 0. The first-order valence-electron chi connectivity index (χ1n) is 7.54. The average Bonchev–Trinajstić information content (AvgIpc) is 3.22. The first-order chi connectivity index (χ1) is 12.0. The molecule has 0 bridgehead atoms. The molecule has 0 unspecified atom stereocenters. The van der Waals surface area contributed by atoms with Crippen molar-refractivity contribution >= 4 is 5.91 Å². The molecular formula is C16H16FN5O3. The third kappa shape index (κ3) is 4.19. The number of nitrogens with one attached hydrogen (secondary N) is 2. The first kappa shape index (κ1) is 16.6. The molecule has 0 saturated heterocycles. The van der Waals surface area contributed by atoms with Gasteiger partial charge in [0.05, 0.1) is 6.04 Å². The van der Waals surface area contributed by atoms with E-state index in [0.717, 1.165) is 0 Å². The van der Waals surface area contributed by atoms with E-state index in [4.69, 9.17) is 9.15 Å². The highest BCUT2D eigenvalue weighted by atomic mass is 19.1. The molecule has 2 heterocycles. The van der Waals surface area contributed by atoms with Gasteiger partial charge in [0.2, 0.25) is 5.89 Å². The number of carbonyl (C=O) groups is 1. The van der Waals surface area contributed by atoms with E-state index < -0.39 is 11.7 Å². The number of benzene rings is 1. The highest BCUT2D eigenvalue weighted by molar-refractivity contribution is 5.92. The Kier molecular flexibility index (Phi) is 4.73. The normalized spacial score (nSPS) is 12.0. The summed E-state index contributed by atoms with van der Waals surface area (Å²) in [6, 6.07) is 5.32. The number of hydrogen-bond donors (Lipinski definition) is 2. The standard InChI is InChI=1S/C16H16FN5O3/c1-9(15-19-10(2)21-22-15)18-16(23)13-7-25-14(20-13)8-24-12-5-3-4-11(17)6-12/h3-7,9H,8H2,1-2H3,(H,18,23)(H,19,21,22)/t9-/m0/s1. The van der Waals surface area contributed by atoms with Crippen LogP contribution in [0, 0.1) is 12.7 Å². The fourth-order valence-corrected chi connectivity index (χ4v) is 2.07. The van der Waals surface area contributed by atoms with Gasteiger partial charge in [-0.05, 0) is 26.0 Å². The number of aromatic nitrogens is 4. The Morgan fingerprint density at radius 1 is 1.44 bits per heavy atom. The van der Waals surface area contributed by atoms with Gasteiger partial charge in [-0.1, -0.05) is 6.07 Å². The van der Waals surface area contributed by atoms with Gasteiger partial charge in [0, 0.05) is 6.07 Å². The van der Waals surface area contributed by atoms with Gasteiger partial charge in [0.1, 0.15) is 23.7 Å². The van der Waals surface area contributed by atoms with Gasteiger partial charge in [-0.2, -0.15) is 5.10 Å². The second-order valence-electron chi connectivity index (χ2n) is 5.35. The zero-order chi connectivity index (χ0) is 17.8. The number of halogens is 1. The van der Waals surface area contributed by atoms with Crippen LogP contribution in [0.5, 0.6) is 5.75 Å². The van der Waals surface area contributed by atoms with E-state index in [1.807, 2.05) is 0 Å². The third-order valence-electron chi connectivity index (χ3n) is 3.29. The van der Waals surface area contributed by atoms with Crippen LogP contribution in [0.2, 0.25) is 0 Å². The molecule has 2 aromatic heterocycles. The Labute approximate surface area is 142 Å². The second-order valence-corrected chi connectivity index (χ2v) is 5.35. The fraction of sp³-hybridized carbons (Fsp3) is 0.250. The predicted octanol–water partition coefficient (Wildman–Crippen LogP) is 2.31. The molecule has 3 rings (SSSR count). The highest BCUT2D eigenvalue weighted by Gasteiger charge is 2.18. The minimum atomic E-state index is -0.421. The Balaban J connectivity index is 1.57. The van der Waals surface area contributed by atoms with E-state index >= 15 is 0 Å². The van der Waals surface area contributed by atoms with Gasteiger partial charge in [0.15, 0.2) is 18.1 Å². The van der Waals surface area contributed by atoms with Gasteiger partial charge < -0.3 is 14.5 Å². The van der Waals surface area contributed by atoms with Gasteiger partial charge in [-0.25, -0.2) is 14.4 Å². The highest BCUT2D eigenvalue weighted by Crippen LogP contribution is 2.14. The number of hydrogen-bond acceptors (Lipinski definition) is 6. The summed E-state index contributed by atoms with van der Waals surface area (Å²) in [6.07, 6.45) is 1.23. The number of aryl methyl sites for hydroxylation is 1. The van der Waals surface area contributed by atoms with Crippen molar-refractivity contribution in [2.45, 2.75) is 26.5 Å². The van der Waals surface area contributed by atoms with Crippen molar-refractivity contribution in [3.05, 3.63) is 59.6 Å². The molecule has 1 amide bonds. The Bertz CT molecular complexity index is 876. The van der Waals surface area contributed by atoms with Crippen LogP contribution in [-0.4, -0.2) is 26.1 Å². The lowest BCUT2D eigenvalue weighted by molar-refractivity contribution is 0.0933. The van der Waals surface area contributed by atoms with E-state index in [2.05, 4.69) is 25.5 Å². The maximum Gasteiger partial charge on any atom is 0.273 e. The molecule has 1 aromatic carbocycles. The summed E-state index contributed by atoms with van der Waals surface area (Å²) < 4.78 is 23.6. The van der Waals surface area contributed by atoms with Gasteiger partial charge >= 0.3 is 0 Å². The van der Waals surface area contributed by atoms with Crippen LogP contribution in [0.1, 0.15) is 41.0 Å². The second kappa shape index (κ2) is 7.12. The molecule has 8 nitrogen and oxygen atoms in total. The molecule has 0 saturated carbocycles. The van der Waals surface area contributed by atoms with Gasteiger partial charge in [-0.15, -0.1) is 0 Å². The lowest BCUT2D eigenvalue weighted by atomic mass is 10.3. The number of rotatable bonds is 6. The van der Waals surface area contributed by atoms with E-state index in [1.165, 1.54) is 24.5 Å². The lowest BCUT2D eigenvalue weighted by Crippen LogP contribution is -2.27. The van der Waals surface area contributed by atoms with Crippen LogP contribution < -0.4 is 10.1 Å². The number of amides is 1. The predicted molar refractivity (Wildman–Crippen MR) is 84.2 cm³/mol. The SMILES string of the molecule is Cc1nc([C@H](C)NC(=O)c2coc(COc3cccc(F)c3)n2)n[nH]1. The summed E-state index contributed by atoms with van der Waals surface area (Å²) in [4.78, 5) is 20.4. The topological polar surface area (TPSA) is 106 Å². The van der Waals surface area contributed by atoms with Crippen molar-refractivity contribution in [1.82, 2.24) is 25.5 Å². The van der Waals surface area contributed by atoms with Crippen molar-refractivity contribution in [2.24, 2.45) is 0 Å². The largest absolute Gasteiger partial charge is 0.484 e. The van der Waals surface area contributed by atoms with Crippen molar-refractivity contribution in [2.75, 3.05) is 0 Å². The summed E-state index contributed by atoms with van der Waals surface area (Å²) >= 11 is 0. The fourth-order valence-electron chi connectivity index (χ4n) is 2.07. The van der Waals surface area contributed by atoms with Crippen molar-refractivity contribution < 1.29 is 18.3 Å². The molecule has 0 aliphatic heterocycles. The van der Waals surface area contributed by atoms with Crippen LogP contribution in [0.3, 0.4) is 0 Å². The van der Waals surface area contributed by atoms with Crippen LogP contribution in [0.15, 0.2) is 34.9 Å². The molecule has 130 valence electrons. The number of carbonyl (C=O) groups excluding carboxylic acids is 1. The Hall–Kier alpha value is -3.23. The molecule has 1 atom stereocenters. The van der Waals surface area contributed by atoms with E-state index in [1.54, 1.807) is 19.9 Å². The molecule has 2 N–H and O–H groups in total. The molecule has 0 aliphatic carbocycles. The molecule has 0 aliphatic rings. The summed E-state index contributed by atoms with van der Waals surface area (Å²) in [5, 5.41) is 9.43. The molecule has 0 fully saturated rings. The van der Waals surface area contributed by atoms with E-state index in [9.17, 15) is 9.18 Å². The summed E-state index contributed by atoms with van der Waals surface area (Å²) in [5.41, 5.74) is 0.108. The van der Waals surface area contributed by atoms with Crippen LogP contribution >= 0.6 is 0 Å². The molecule has 0 radical (unpaired) electrons. The quantitative estimate of drug-likeness (QED) is 0.710. The summed E-state index contributed by atoms with van der Waals surface area (Å²) in [5.74, 6) is 0.865. The monoisotopic (exact) mass is 345 g/mol. The van der Waals surface area contributed by atoms with Gasteiger partial charge in [-0.3, -0.25) is 9.89 Å². The zero-order valence-electron chi connectivity index (χ0n) is 13.6. The summed E-state index contributed by atoms with van der Waals surface area (Å²) in [6.45, 7) is 3.51. The van der Waals surface area contributed by atoms with E-state index in [0.29, 0.717) is 17.4 Å². The third-order valence-corrected chi connectivity index (χ3v) is 3.29. The maximum atomic E-state index is 13.1. The maximum absolute atomic E-state index is 13.1. The minimum Gasteiger partial charge on any atom is -0.484 e. The average molecular weight is 345 g/mol. The molecule has 25 heavy (non-hydrogen) atoms. The first-order valence-corrected chi connectivity index (χ1v) is 7.54. The Morgan fingerprint density at radius 2 is 2.28 bits per heavy atom. The molecule has 3 aromatic rings. The number of H-pyrrole nitrogens is 1. The van der Waals surface area contributed by atoms with Crippen LogP contribution in [-0.2, 0) is 6.61 Å². The zero-order valence-corrected chi connectivity index (χ0v) is 13.6. The number of oxazole rings is 1. The van der Waals surface area contributed by atoms with Crippen molar-refractivity contribution in [1.29, 1.82) is 0 Å². The van der Waals surface area contributed by atoms with Gasteiger partial charge in [0.25, 0.3) is 5.91 Å². The molecule has 0 spiro atoms. The van der Waals surface area contributed by atoms with Crippen molar-refractivity contribution in [3.63, 3.8) is 0 Å². The molecule has 9 heteroatoms. The smallest absolute Gasteiger partial charge is 0.273 e. The lowest BCUT2D eigenvalue weighted by Gasteiger charge is -2.08. The van der Waals surface area contributed by atoms with Crippen molar-refractivity contribution in [3.8, 4) is 5.75 Å². The number of aromatic amines is 1. The molecular weight excluding hydrogens is 329 g/mol.